The van der Waals surface area contributed by atoms with E-state index >= 15 is 4.39 Å². The number of nitrogens with two attached hydrogens (primary N) is 1. The third-order valence-corrected chi connectivity index (χ3v) is 4.89. The van der Waals surface area contributed by atoms with Crippen LogP contribution in [0.15, 0.2) is 49.1 Å². The maximum atomic E-state index is 15.0. The van der Waals surface area contributed by atoms with Crippen molar-refractivity contribution in [3.05, 3.63) is 76.6 Å². The Morgan fingerprint density at radius 3 is 2.55 bits per heavy atom. The Kier molecular flexibility index (Phi) is 5.73. The first kappa shape index (κ1) is 21.5. The van der Waals surface area contributed by atoms with Crippen molar-refractivity contribution in [2.24, 2.45) is 0 Å². The Morgan fingerprint density at radius 1 is 1.12 bits per heavy atom. The molecule has 1 aromatic carbocycles. The van der Waals surface area contributed by atoms with Crippen LogP contribution >= 0.6 is 11.6 Å². The number of hydrogen-bond donors (Lipinski definition) is 2. The number of nitrogens with zero attached hydrogens (tertiary/aromatic N) is 5. The van der Waals surface area contributed by atoms with Crippen molar-refractivity contribution in [3.8, 4) is 41.6 Å². The molecule has 3 aromatic heterocycles. The quantitative estimate of drug-likeness (QED) is 0.455. The average Bonchev–Trinajstić information content (AvgIpc) is 3.35. The number of carbonyl (C=O) groups is 1. The maximum absolute atomic E-state index is 15.0. The van der Waals surface area contributed by atoms with E-state index in [1.807, 2.05) is 0 Å². The molecule has 0 aliphatic heterocycles. The van der Waals surface area contributed by atoms with Crippen molar-refractivity contribution in [2.45, 2.75) is 0 Å². The molecule has 0 aliphatic carbocycles. The van der Waals surface area contributed by atoms with Gasteiger partial charge in [0.15, 0.2) is 5.82 Å². The van der Waals surface area contributed by atoms with E-state index in [4.69, 9.17) is 30.2 Å². The number of rotatable bonds is 4. The number of aromatic nitrogens is 5. The van der Waals surface area contributed by atoms with Crippen molar-refractivity contribution in [1.29, 1.82) is 0 Å². The Balaban J connectivity index is 1.69. The highest BCUT2D eigenvalue weighted by Crippen LogP contribution is 2.34. The highest BCUT2D eigenvalue weighted by atomic mass is 35.5. The molecule has 0 atom stereocenters. The van der Waals surface area contributed by atoms with E-state index in [9.17, 15) is 4.79 Å². The predicted molar refractivity (Wildman–Crippen MR) is 122 cm³/mol. The average molecular weight is 458 g/mol. The van der Waals surface area contributed by atoms with Crippen LogP contribution in [-0.2, 0) is 0 Å². The van der Waals surface area contributed by atoms with E-state index in [-0.39, 0.29) is 39.0 Å². The van der Waals surface area contributed by atoms with Gasteiger partial charge in [0.05, 0.1) is 46.0 Å². The zero-order chi connectivity index (χ0) is 23.5. The van der Waals surface area contributed by atoms with Crippen LogP contribution in [-0.4, -0.2) is 30.9 Å². The summed E-state index contributed by atoms with van der Waals surface area (Å²) >= 11 is 6.31. The van der Waals surface area contributed by atoms with Gasteiger partial charge in [0.25, 0.3) is 5.91 Å². The summed E-state index contributed by atoms with van der Waals surface area (Å²) in [5.41, 5.74) is 7.02. The molecule has 0 radical (unpaired) electrons. The number of halogens is 2. The largest absolute Gasteiger partial charge is 0.397 e. The Labute approximate surface area is 192 Å². The molecule has 0 saturated heterocycles. The van der Waals surface area contributed by atoms with E-state index < -0.39 is 11.7 Å². The lowest BCUT2D eigenvalue weighted by Crippen LogP contribution is -2.15. The molecular weight excluding hydrogens is 445 g/mol. The zero-order valence-electron chi connectivity index (χ0n) is 16.8. The first-order valence-corrected chi connectivity index (χ1v) is 9.66. The SMILES string of the molecule is C#Cc1ccc(NC(=O)c2cc(F)c(-c3c(N)cncc3C#C)cc2Cl)nc1-n1nccn1. The molecule has 0 saturated carbocycles. The lowest BCUT2D eigenvalue weighted by atomic mass is 9.98. The maximum Gasteiger partial charge on any atom is 0.258 e. The van der Waals surface area contributed by atoms with Gasteiger partial charge in [0.2, 0.25) is 0 Å². The number of hydrogen-bond acceptors (Lipinski definition) is 6. The van der Waals surface area contributed by atoms with Gasteiger partial charge < -0.3 is 11.1 Å². The summed E-state index contributed by atoms with van der Waals surface area (Å²) in [6.07, 6.45) is 16.6. The monoisotopic (exact) mass is 457 g/mol. The van der Waals surface area contributed by atoms with Gasteiger partial charge >= 0.3 is 0 Å². The molecule has 0 fully saturated rings. The third-order valence-electron chi connectivity index (χ3n) is 4.58. The minimum atomic E-state index is -0.740. The molecule has 3 heterocycles. The van der Waals surface area contributed by atoms with Crippen LogP contribution in [0.5, 0.6) is 0 Å². The van der Waals surface area contributed by atoms with Crippen LogP contribution in [0, 0.1) is 30.5 Å². The number of terminal acetylenes is 2. The molecule has 4 aromatic rings. The summed E-state index contributed by atoms with van der Waals surface area (Å²) in [5.74, 6) is 3.83. The number of pyridine rings is 2. The zero-order valence-corrected chi connectivity index (χ0v) is 17.5. The number of nitrogens with one attached hydrogen (secondary N) is 1. The van der Waals surface area contributed by atoms with Crippen LogP contribution < -0.4 is 11.1 Å². The number of nitrogen functional groups attached to an aromatic ring is 1. The molecule has 0 bridgehead atoms. The fourth-order valence-electron chi connectivity index (χ4n) is 3.09. The van der Waals surface area contributed by atoms with Crippen molar-refractivity contribution in [2.75, 3.05) is 11.1 Å². The van der Waals surface area contributed by atoms with Crippen molar-refractivity contribution in [1.82, 2.24) is 25.0 Å². The molecule has 8 nitrogen and oxygen atoms in total. The van der Waals surface area contributed by atoms with Crippen LogP contribution in [0.2, 0.25) is 5.02 Å². The van der Waals surface area contributed by atoms with E-state index in [0.29, 0.717) is 11.1 Å². The van der Waals surface area contributed by atoms with Gasteiger partial charge in [0.1, 0.15) is 11.6 Å². The second kappa shape index (κ2) is 8.79. The molecule has 33 heavy (non-hydrogen) atoms. The summed E-state index contributed by atoms with van der Waals surface area (Å²) < 4.78 is 15.0. The summed E-state index contributed by atoms with van der Waals surface area (Å²) in [6, 6.07) is 5.35. The summed E-state index contributed by atoms with van der Waals surface area (Å²) in [7, 11) is 0. The lowest BCUT2D eigenvalue weighted by Gasteiger charge is -2.13. The molecule has 0 spiro atoms. The summed E-state index contributed by atoms with van der Waals surface area (Å²) in [5, 5.41) is 10.5. The first-order valence-electron chi connectivity index (χ1n) is 9.28. The highest BCUT2D eigenvalue weighted by molar-refractivity contribution is 6.34. The van der Waals surface area contributed by atoms with Crippen molar-refractivity contribution >= 4 is 29.0 Å². The van der Waals surface area contributed by atoms with E-state index in [0.717, 1.165) is 6.07 Å². The van der Waals surface area contributed by atoms with Crippen LogP contribution in [0.25, 0.3) is 16.9 Å². The molecule has 10 heteroatoms. The first-order chi connectivity index (χ1) is 15.9. The molecule has 0 unspecified atom stereocenters. The standard InChI is InChI=1S/C23H13ClFN7O/c1-3-13-5-6-20(30-22(13)32-28-7-8-29-32)31-23(33)15-10-18(25)16(9-17(15)24)21-14(4-2)11-27-12-19(21)26/h1-2,5-12H,26H2,(H,30,31,33). The van der Waals surface area contributed by atoms with E-state index in [1.165, 1.54) is 41.7 Å². The fourth-order valence-corrected chi connectivity index (χ4v) is 3.34. The molecule has 1 amide bonds. The molecule has 160 valence electrons. The third kappa shape index (κ3) is 4.09. The minimum absolute atomic E-state index is 0.0164. The molecule has 4 rings (SSSR count). The molecule has 0 aliphatic rings. The van der Waals surface area contributed by atoms with E-state index in [1.54, 1.807) is 6.07 Å². The van der Waals surface area contributed by atoms with Crippen LogP contribution in [0.1, 0.15) is 21.5 Å². The number of anilines is 2. The van der Waals surface area contributed by atoms with Crippen molar-refractivity contribution in [3.63, 3.8) is 0 Å². The smallest absolute Gasteiger partial charge is 0.258 e. The van der Waals surface area contributed by atoms with Gasteiger partial charge in [-0.25, -0.2) is 9.37 Å². The molecular formula is C23H13ClFN7O. The Hall–Kier alpha value is -4.73. The van der Waals surface area contributed by atoms with E-state index in [2.05, 4.69) is 37.3 Å². The highest BCUT2D eigenvalue weighted by Gasteiger charge is 2.20. The van der Waals surface area contributed by atoms with Gasteiger partial charge in [-0.1, -0.05) is 23.4 Å². The van der Waals surface area contributed by atoms with Crippen LogP contribution in [0.3, 0.4) is 0 Å². The summed E-state index contributed by atoms with van der Waals surface area (Å²) in [6.45, 7) is 0. The topological polar surface area (TPSA) is 112 Å². The Morgan fingerprint density at radius 2 is 1.85 bits per heavy atom. The number of carbonyl (C=O) groups excluding carboxylic acids is 1. The molecule has 3 N–H and O–H groups in total. The predicted octanol–water partition coefficient (Wildman–Crippen LogP) is 3.31. The second-order valence-electron chi connectivity index (χ2n) is 6.59. The minimum Gasteiger partial charge on any atom is -0.397 e. The van der Waals surface area contributed by atoms with Crippen molar-refractivity contribution < 1.29 is 9.18 Å². The number of amides is 1. The summed E-state index contributed by atoms with van der Waals surface area (Å²) in [4.78, 5) is 22.2. The lowest BCUT2D eigenvalue weighted by molar-refractivity contribution is 0.102. The normalized spacial score (nSPS) is 10.3. The second-order valence-corrected chi connectivity index (χ2v) is 7.00. The van der Waals surface area contributed by atoms with Gasteiger partial charge in [-0.05, 0) is 24.3 Å². The van der Waals surface area contributed by atoms with Gasteiger partial charge in [-0.3, -0.25) is 9.78 Å². The van der Waals surface area contributed by atoms with Gasteiger partial charge in [-0.2, -0.15) is 10.2 Å². The van der Waals surface area contributed by atoms with Gasteiger partial charge in [0, 0.05) is 17.3 Å². The van der Waals surface area contributed by atoms with Gasteiger partial charge in [-0.15, -0.1) is 17.6 Å². The van der Waals surface area contributed by atoms with Crippen LogP contribution in [0.4, 0.5) is 15.9 Å². The fraction of sp³-hybridized carbons (Fsp3) is 0. The number of benzene rings is 1. The Bertz CT molecular complexity index is 1470.